The summed E-state index contributed by atoms with van der Waals surface area (Å²) >= 11 is 0. The molecule has 0 atom stereocenters. The highest BCUT2D eigenvalue weighted by Gasteiger charge is 2.25. The highest BCUT2D eigenvalue weighted by molar-refractivity contribution is 5.89. The number of aryl methyl sites for hydroxylation is 1. The number of ether oxygens (including phenoxy) is 1. The predicted octanol–water partition coefficient (Wildman–Crippen LogP) is 2.00. The molecule has 0 saturated carbocycles. The smallest absolute Gasteiger partial charge is 0.409 e. The zero-order valence-electron chi connectivity index (χ0n) is 14.3. The van der Waals surface area contributed by atoms with Gasteiger partial charge in [-0.15, -0.1) is 0 Å². The molecule has 1 aliphatic heterocycles. The molecule has 1 aromatic heterocycles. The summed E-state index contributed by atoms with van der Waals surface area (Å²) in [5.74, 6) is 0.502. The number of carbonyl (C=O) groups is 2. The van der Waals surface area contributed by atoms with Crippen molar-refractivity contribution >= 4 is 17.9 Å². The molecule has 2 heterocycles. The van der Waals surface area contributed by atoms with E-state index in [1.807, 2.05) is 43.4 Å². The third kappa shape index (κ3) is 3.73. The number of benzene rings is 1. The first-order valence-corrected chi connectivity index (χ1v) is 8.07. The molecule has 132 valence electrons. The van der Waals surface area contributed by atoms with Crippen molar-refractivity contribution in [2.24, 2.45) is 7.05 Å². The van der Waals surface area contributed by atoms with E-state index in [4.69, 9.17) is 4.74 Å². The Kier molecular flexibility index (Phi) is 4.87. The third-order valence-electron chi connectivity index (χ3n) is 4.18. The Balaban J connectivity index is 1.62. The first-order chi connectivity index (χ1) is 12.1. The number of hydrogen-bond acceptors (Lipinski definition) is 4. The standard InChI is InChI=1S/C17H21N5O3/c1-20-14(13-6-4-3-5-7-13)12-15(19-20)18-16(23)21-8-10-22(11-9-21)17(24)25-2/h3-7,12H,8-11H2,1-2H3,(H,18,19,23). The van der Waals surface area contributed by atoms with Gasteiger partial charge in [0.15, 0.2) is 5.82 Å². The van der Waals surface area contributed by atoms with Gasteiger partial charge in [0.25, 0.3) is 0 Å². The van der Waals surface area contributed by atoms with E-state index >= 15 is 0 Å². The Labute approximate surface area is 146 Å². The summed E-state index contributed by atoms with van der Waals surface area (Å²) in [6.45, 7) is 1.83. The third-order valence-corrected chi connectivity index (χ3v) is 4.18. The number of amides is 3. The largest absolute Gasteiger partial charge is 0.453 e. The van der Waals surface area contributed by atoms with Gasteiger partial charge in [0.2, 0.25) is 0 Å². The fourth-order valence-electron chi connectivity index (χ4n) is 2.82. The molecule has 0 radical (unpaired) electrons. The second kappa shape index (κ2) is 7.25. The number of methoxy groups -OCH3 is 1. The number of hydrogen-bond donors (Lipinski definition) is 1. The molecule has 3 amide bonds. The van der Waals surface area contributed by atoms with Crippen LogP contribution in [-0.4, -0.2) is 65.0 Å². The molecule has 1 aromatic carbocycles. The Hall–Kier alpha value is -3.03. The van der Waals surface area contributed by atoms with E-state index in [0.29, 0.717) is 32.0 Å². The highest BCUT2D eigenvalue weighted by Crippen LogP contribution is 2.21. The first-order valence-electron chi connectivity index (χ1n) is 8.07. The van der Waals surface area contributed by atoms with Gasteiger partial charge in [-0.05, 0) is 5.56 Å². The maximum Gasteiger partial charge on any atom is 0.409 e. The number of rotatable bonds is 2. The number of piperazine rings is 1. The van der Waals surface area contributed by atoms with Gasteiger partial charge >= 0.3 is 12.1 Å². The van der Waals surface area contributed by atoms with Crippen LogP contribution in [0, 0.1) is 0 Å². The minimum atomic E-state index is -0.364. The van der Waals surface area contributed by atoms with Gasteiger partial charge in [-0.2, -0.15) is 5.10 Å². The van der Waals surface area contributed by atoms with Crippen LogP contribution >= 0.6 is 0 Å². The number of anilines is 1. The average molecular weight is 343 g/mol. The van der Waals surface area contributed by atoms with Gasteiger partial charge in [0.05, 0.1) is 12.8 Å². The first kappa shape index (κ1) is 16.8. The molecule has 1 N–H and O–H groups in total. The Morgan fingerprint density at radius 1 is 1.08 bits per heavy atom. The minimum absolute atomic E-state index is 0.220. The van der Waals surface area contributed by atoms with E-state index in [9.17, 15) is 9.59 Å². The molecular formula is C17H21N5O3. The maximum absolute atomic E-state index is 12.4. The molecular weight excluding hydrogens is 322 g/mol. The molecule has 8 nitrogen and oxygen atoms in total. The van der Waals surface area contributed by atoms with Gasteiger partial charge in [0.1, 0.15) is 0 Å². The number of carbonyl (C=O) groups excluding carboxylic acids is 2. The maximum atomic E-state index is 12.4. The van der Waals surface area contributed by atoms with Crippen molar-refractivity contribution < 1.29 is 14.3 Å². The van der Waals surface area contributed by atoms with Crippen molar-refractivity contribution in [3.63, 3.8) is 0 Å². The van der Waals surface area contributed by atoms with Gasteiger partial charge in [-0.3, -0.25) is 10.00 Å². The molecule has 25 heavy (non-hydrogen) atoms. The summed E-state index contributed by atoms with van der Waals surface area (Å²) in [5.41, 5.74) is 1.95. The number of nitrogens with zero attached hydrogens (tertiary/aromatic N) is 4. The summed E-state index contributed by atoms with van der Waals surface area (Å²) in [7, 11) is 3.19. The molecule has 0 unspecified atom stereocenters. The van der Waals surface area contributed by atoms with E-state index in [1.54, 1.807) is 14.5 Å². The monoisotopic (exact) mass is 343 g/mol. The molecule has 1 aliphatic rings. The van der Waals surface area contributed by atoms with Crippen LogP contribution in [0.4, 0.5) is 15.4 Å². The van der Waals surface area contributed by atoms with Gasteiger partial charge < -0.3 is 14.5 Å². The normalized spacial score (nSPS) is 14.3. The van der Waals surface area contributed by atoms with Crippen LogP contribution in [0.2, 0.25) is 0 Å². The van der Waals surface area contributed by atoms with Crippen LogP contribution in [0.5, 0.6) is 0 Å². The van der Waals surface area contributed by atoms with Crippen LogP contribution in [0.3, 0.4) is 0 Å². The molecule has 0 bridgehead atoms. The molecule has 0 aliphatic carbocycles. The van der Waals surface area contributed by atoms with Crippen molar-refractivity contribution in [1.82, 2.24) is 19.6 Å². The van der Waals surface area contributed by atoms with Crippen LogP contribution in [0.15, 0.2) is 36.4 Å². The highest BCUT2D eigenvalue weighted by atomic mass is 16.5. The van der Waals surface area contributed by atoms with E-state index in [-0.39, 0.29) is 12.1 Å². The quantitative estimate of drug-likeness (QED) is 0.904. The predicted molar refractivity (Wildman–Crippen MR) is 93.2 cm³/mol. The van der Waals surface area contributed by atoms with Crippen LogP contribution in [0.25, 0.3) is 11.3 Å². The van der Waals surface area contributed by atoms with E-state index in [0.717, 1.165) is 11.3 Å². The lowest BCUT2D eigenvalue weighted by Gasteiger charge is -2.33. The van der Waals surface area contributed by atoms with E-state index in [2.05, 4.69) is 10.4 Å². The molecule has 8 heteroatoms. The Morgan fingerprint density at radius 3 is 2.36 bits per heavy atom. The Bertz CT molecular complexity index is 751. The number of aromatic nitrogens is 2. The summed E-state index contributed by atoms with van der Waals surface area (Å²) in [5, 5.41) is 7.17. The second-order valence-electron chi connectivity index (χ2n) is 5.78. The lowest BCUT2D eigenvalue weighted by molar-refractivity contribution is 0.0992. The van der Waals surface area contributed by atoms with E-state index < -0.39 is 0 Å². The van der Waals surface area contributed by atoms with Crippen molar-refractivity contribution in [3.8, 4) is 11.3 Å². The van der Waals surface area contributed by atoms with Crippen LogP contribution < -0.4 is 5.32 Å². The summed E-state index contributed by atoms with van der Waals surface area (Å²) < 4.78 is 6.43. The van der Waals surface area contributed by atoms with Gasteiger partial charge in [0, 0.05) is 39.3 Å². The minimum Gasteiger partial charge on any atom is -0.453 e. The SMILES string of the molecule is COC(=O)N1CCN(C(=O)Nc2cc(-c3ccccc3)n(C)n2)CC1. The van der Waals surface area contributed by atoms with E-state index in [1.165, 1.54) is 7.11 Å². The summed E-state index contributed by atoms with van der Waals surface area (Å²) in [4.78, 5) is 27.1. The van der Waals surface area contributed by atoms with Crippen molar-refractivity contribution in [1.29, 1.82) is 0 Å². The number of nitrogens with one attached hydrogen (secondary N) is 1. The second-order valence-corrected chi connectivity index (χ2v) is 5.78. The lowest BCUT2D eigenvalue weighted by atomic mass is 10.1. The van der Waals surface area contributed by atoms with Crippen molar-refractivity contribution in [3.05, 3.63) is 36.4 Å². The van der Waals surface area contributed by atoms with Gasteiger partial charge in [-0.25, -0.2) is 9.59 Å². The molecule has 1 fully saturated rings. The lowest BCUT2D eigenvalue weighted by Crippen LogP contribution is -2.51. The fraction of sp³-hybridized carbons (Fsp3) is 0.353. The Morgan fingerprint density at radius 2 is 1.72 bits per heavy atom. The van der Waals surface area contributed by atoms with Crippen LogP contribution in [-0.2, 0) is 11.8 Å². The molecule has 3 rings (SSSR count). The fourth-order valence-corrected chi connectivity index (χ4v) is 2.82. The molecule has 2 aromatic rings. The molecule has 0 spiro atoms. The molecule has 1 saturated heterocycles. The topological polar surface area (TPSA) is 79.7 Å². The van der Waals surface area contributed by atoms with Crippen LogP contribution in [0.1, 0.15) is 0 Å². The number of urea groups is 1. The zero-order chi connectivity index (χ0) is 17.8. The van der Waals surface area contributed by atoms with Crippen molar-refractivity contribution in [2.45, 2.75) is 0 Å². The summed E-state index contributed by atoms with van der Waals surface area (Å²) in [6.07, 6.45) is -0.364. The zero-order valence-corrected chi connectivity index (χ0v) is 14.3. The average Bonchev–Trinajstić information content (AvgIpc) is 3.02. The van der Waals surface area contributed by atoms with Gasteiger partial charge in [-0.1, -0.05) is 30.3 Å². The summed E-state index contributed by atoms with van der Waals surface area (Å²) in [6, 6.07) is 11.5. The van der Waals surface area contributed by atoms with Crippen molar-refractivity contribution in [2.75, 3.05) is 38.6 Å².